The maximum absolute atomic E-state index is 11.4. The molecule has 1 aliphatic rings. The molecule has 0 radical (unpaired) electrons. The van der Waals surface area contributed by atoms with E-state index in [1.807, 2.05) is 4.90 Å². The summed E-state index contributed by atoms with van der Waals surface area (Å²) < 4.78 is 11.4. The number of carboxylic acid groups (broad SMARTS) is 1. The predicted molar refractivity (Wildman–Crippen MR) is 68.8 cm³/mol. The van der Waals surface area contributed by atoms with Crippen molar-refractivity contribution in [3.63, 3.8) is 0 Å². The van der Waals surface area contributed by atoms with Crippen molar-refractivity contribution in [3.05, 3.63) is 11.8 Å². The average molecular weight is 285 g/mol. The quantitative estimate of drug-likeness (QED) is 0.746. The van der Waals surface area contributed by atoms with E-state index in [9.17, 15) is 14.1 Å². The molecule has 1 atom stereocenters. The minimum absolute atomic E-state index is 0.0148. The van der Waals surface area contributed by atoms with E-state index in [0.717, 1.165) is 0 Å². The summed E-state index contributed by atoms with van der Waals surface area (Å²) in [5.41, 5.74) is -0.165. The molecular weight excluding hydrogens is 270 g/mol. The zero-order chi connectivity index (χ0) is 14.0. The largest absolute Gasteiger partial charge is 0.477 e. The van der Waals surface area contributed by atoms with Gasteiger partial charge in [0.2, 0.25) is 5.16 Å². The molecule has 0 amide bonds. The average Bonchev–Trinajstić information content (AvgIpc) is 2.39. The Morgan fingerprint density at radius 2 is 2.05 bits per heavy atom. The molecule has 1 aromatic heterocycles. The fraction of sp³-hybridized carbons (Fsp3) is 0.545. The molecule has 0 spiro atoms. The van der Waals surface area contributed by atoms with E-state index in [2.05, 4.69) is 9.97 Å². The number of nitrogens with zero attached hydrogens (tertiary/aromatic N) is 3. The molecule has 7 nitrogen and oxygen atoms in total. The van der Waals surface area contributed by atoms with Crippen molar-refractivity contribution in [2.24, 2.45) is 0 Å². The van der Waals surface area contributed by atoms with E-state index < -0.39 is 16.8 Å². The number of hydrogen-bond donors (Lipinski definition) is 2. The van der Waals surface area contributed by atoms with Crippen molar-refractivity contribution >= 4 is 22.6 Å². The van der Waals surface area contributed by atoms with Crippen LogP contribution in [0.25, 0.3) is 0 Å². The lowest BCUT2D eigenvalue weighted by molar-refractivity contribution is 0.0689. The van der Waals surface area contributed by atoms with E-state index in [0.29, 0.717) is 31.7 Å². The Bertz CT molecular complexity index is 482. The summed E-state index contributed by atoms with van der Waals surface area (Å²) in [5, 5.41) is 18.5. The lowest BCUT2D eigenvalue weighted by Gasteiger charge is -2.30. The molecule has 2 heterocycles. The van der Waals surface area contributed by atoms with Gasteiger partial charge in [-0.3, -0.25) is 4.21 Å². The number of piperidine rings is 1. The number of rotatable bonds is 3. The van der Waals surface area contributed by atoms with Gasteiger partial charge in [0.15, 0.2) is 5.69 Å². The normalized spacial score (nSPS) is 18.3. The Balaban J connectivity index is 2.33. The van der Waals surface area contributed by atoms with Gasteiger partial charge >= 0.3 is 5.97 Å². The van der Waals surface area contributed by atoms with Gasteiger partial charge in [-0.15, -0.1) is 0 Å². The number of carboxylic acids is 1. The Kier molecular flexibility index (Phi) is 4.11. The van der Waals surface area contributed by atoms with Gasteiger partial charge in [-0.05, 0) is 12.8 Å². The molecule has 1 unspecified atom stereocenters. The molecular formula is C11H15N3O4S. The highest BCUT2D eigenvalue weighted by atomic mass is 32.2. The molecule has 0 bridgehead atoms. The Labute approximate surface area is 112 Å². The lowest BCUT2D eigenvalue weighted by atomic mass is 10.1. The fourth-order valence-corrected chi connectivity index (χ4v) is 2.36. The van der Waals surface area contributed by atoms with Gasteiger partial charge < -0.3 is 15.1 Å². The topological polar surface area (TPSA) is 104 Å². The molecule has 2 N–H and O–H groups in total. The van der Waals surface area contributed by atoms with Gasteiger partial charge in [-0.25, -0.2) is 14.8 Å². The number of aliphatic hydroxyl groups is 1. The van der Waals surface area contributed by atoms with E-state index >= 15 is 0 Å². The maximum atomic E-state index is 11.4. The van der Waals surface area contributed by atoms with Crippen LogP contribution >= 0.6 is 0 Å². The molecule has 2 rings (SSSR count). The standard InChI is InChI=1S/C11H15N3O4S/c1-19(18)11-12-8(10(16)17)6-9(13-11)14-4-2-7(15)3-5-14/h6-7,15H,2-5H2,1H3,(H,16,17). The number of hydrogen-bond acceptors (Lipinski definition) is 6. The fourth-order valence-electron chi connectivity index (χ4n) is 1.91. The highest BCUT2D eigenvalue weighted by Crippen LogP contribution is 2.19. The maximum Gasteiger partial charge on any atom is 0.354 e. The molecule has 0 saturated carbocycles. The Hall–Kier alpha value is -1.54. The summed E-state index contributed by atoms with van der Waals surface area (Å²) >= 11 is 0. The van der Waals surface area contributed by atoms with Crippen molar-refractivity contribution in [2.75, 3.05) is 24.2 Å². The zero-order valence-corrected chi connectivity index (χ0v) is 11.3. The number of aromatic nitrogens is 2. The second-order valence-electron chi connectivity index (χ2n) is 4.37. The van der Waals surface area contributed by atoms with Gasteiger partial charge in [-0.2, -0.15) is 0 Å². The molecule has 1 aromatic rings. The Morgan fingerprint density at radius 3 is 2.58 bits per heavy atom. The van der Waals surface area contributed by atoms with Crippen molar-refractivity contribution < 1.29 is 19.2 Å². The highest BCUT2D eigenvalue weighted by Gasteiger charge is 2.21. The smallest absolute Gasteiger partial charge is 0.354 e. The summed E-state index contributed by atoms with van der Waals surface area (Å²) in [6, 6.07) is 1.37. The van der Waals surface area contributed by atoms with Crippen LogP contribution in [0.5, 0.6) is 0 Å². The van der Waals surface area contributed by atoms with E-state index in [1.54, 1.807) is 0 Å². The number of aliphatic hydroxyl groups excluding tert-OH is 1. The second kappa shape index (κ2) is 5.62. The zero-order valence-electron chi connectivity index (χ0n) is 10.4. The summed E-state index contributed by atoms with van der Waals surface area (Å²) in [5.74, 6) is -0.725. The van der Waals surface area contributed by atoms with Crippen LogP contribution in [0.1, 0.15) is 23.3 Å². The SMILES string of the molecule is CS(=O)c1nc(C(=O)O)cc(N2CCC(O)CC2)n1. The number of carbonyl (C=O) groups is 1. The molecule has 0 aromatic carbocycles. The third-order valence-electron chi connectivity index (χ3n) is 2.96. The molecule has 1 saturated heterocycles. The van der Waals surface area contributed by atoms with E-state index in [-0.39, 0.29) is 17.0 Å². The van der Waals surface area contributed by atoms with Crippen LogP contribution in [0.2, 0.25) is 0 Å². The Morgan fingerprint density at radius 1 is 1.42 bits per heavy atom. The highest BCUT2D eigenvalue weighted by molar-refractivity contribution is 7.84. The van der Waals surface area contributed by atoms with E-state index in [1.165, 1.54) is 12.3 Å². The molecule has 8 heteroatoms. The second-order valence-corrected chi connectivity index (χ2v) is 5.64. The number of aromatic carboxylic acids is 1. The molecule has 1 fully saturated rings. The van der Waals surface area contributed by atoms with Crippen molar-refractivity contribution in [1.82, 2.24) is 9.97 Å². The minimum Gasteiger partial charge on any atom is -0.477 e. The molecule has 19 heavy (non-hydrogen) atoms. The molecule has 0 aliphatic carbocycles. The molecule has 1 aliphatic heterocycles. The summed E-state index contributed by atoms with van der Waals surface area (Å²) in [6.45, 7) is 1.18. The van der Waals surface area contributed by atoms with Gasteiger partial charge in [0.25, 0.3) is 0 Å². The van der Waals surface area contributed by atoms with Gasteiger partial charge in [0.1, 0.15) is 5.82 Å². The van der Waals surface area contributed by atoms with Crippen LogP contribution in [0.4, 0.5) is 5.82 Å². The predicted octanol–water partition coefficient (Wildman–Crippen LogP) is -0.127. The first-order valence-electron chi connectivity index (χ1n) is 5.86. The van der Waals surface area contributed by atoms with Crippen LogP contribution in [0, 0.1) is 0 Å². The summed E-state index contributed by atoms with van der Waals surface area (Å²) in [6.07, 6.45) is 2.30. The van der Waals surface area contributed by atoms with Gasteiger partial charge in [0, 0.05) is 25.4 Å². The van der Waals surface area contributed by atoms with Crippen LogP contribution < -0.4 is 4.90 Å². The summed E-state index contributed by atoms with van der Waals surface area (Å²) in [4.78, 5) is 20.8. The third-order valence-corrected chi connectivity index (χ3v) is 3.65. The first kappa shape index (κ1) is 13.9. The third kappa shape index (κ3) is 3.27. The first-order chi connectivity index (χ1) is 8.97. The van der Waals surface area contributed by atoms with Crippen LogP contribution in [0.15, 0.2) is 11.2 Å². The monoisotopic (exact) mass is 285 g/mol. The van der Waals surface area contributed by atoms with Crippen LogP contribution in [0.3, 0.4) is 0 Å². The summed E-state index contributed by atoms with van der Waals surface area (Å²) in [7, 11) is -1.44. The van der Waals surface area contributed by atoms with Crippen LogP contribution in [-0.2, 0) is 10.8 Å². The first-order valence-corrected chi connectivity index (χ1v) is 7.42. The molecule has 104 valence electrons. The minimum atomic E-state index is -1.44. The van der Waals surface area contributed by atoms with Crippen molar-refractivity contribution in [2.45, 2.75) is 24.1 Å². The van der Waals surface area contributed by atoms with Gasteiger partial charge in [-0.1, -0.05) is 0 Å². The van der Waals surface area contributed by atoms with Crippen LogP contribution in [-0.4, -0.2) is 55.8 Å². The number of anilines is 1. The van der Waals surface area contributed by atoms with E-state index in [4.69, 9.17) is 5.11 Å². The van der Waals surface area contributed by atoms with Gasteiger partial charge in [0.05, 0.1) is 16.9 Å². The van der Waals surface area contributed by atoms with Crippen molar-refractivity contribution in [3.8, 4) is 0 Å². The lowest BCUT2D eigenvalue weighted by Crippen LogP contribution is -2.36. The van der Waals surface area contributed by atoms with Crippen molar-refractivity contribution in [1.29, 1.82) is 0 Å².